The molecule has 1 heterocycles. The minimum Gasteiger partial charge on any atom is -0.496 e. The van der Waals surface area contributed by atoms with Gasteiger partial charge >= 0.3 is 6.03 Å². The molecule has 0 spiro atoms. The van der Waals surface area contributed by atoms with E-state index in [0.717, 1.165) is 0 Å². The Kier molecular flexibility index (Phi) is 4.73. The van der Waals surface area contributed by atoms with Crippen molar-refractivity contribution in [1.82, 2.24) is 10.2 Å². The summed E-state index contributed by atoms with van der Waals surface area (Å²) < 4.78 is 5.24. The molecule has 1 fully saturated rings. The lowest BCUT2D eigenvalue weighted by Gasteiger charge is -2.16. The fourth-order valence-electron chi connectivity index (χ4n) is 2.40. The first-order valence-corrected chi connectivity index (χ1v) is 7.24. The van der Waals surface area contributed by atoms with E-state index in [1.165, 1.54) is 4.90 Å². The van der Waals surface area contributed by atoms with Crippen molar-refractivity contribution in [3.05, 3.63) is 28.8 Å². The normalized spacial score (nSPS) is 18.3. The first-order chi connectivity index (χ1) is 9.92. The van der Waals surface area contributed by atoms with Gasteiger partial charge in [-0.25, -0.2) is 4.79 Å². The summed E-state index contributed by atoms with van der Waals surface area (Å²) in [6, 6.07) is 4.32. The summed E-state index contributed by atoms with van der Waals surface area (Å²) in [5, 5.41) is 3.26. The average molecular weight is 311 g/mol. The van der Waals surface area contributed by atoms with Crippen LogP contribution in [0.2, 0.25) is 5.02 Å². The molecule has 2 rings (SSSR count). The third-order valence-electron chi connectivity index (χ3n) is 3.38. The SMILES string of the molecule is COc1ccc(Cl)cc1CN1C(=O)NC(CC(C)C)C1=O. The maximum absolute atomic E-state index is 12.3. The van der Waals surface area contributed by atoms with Crippen molar-refractivity contribution in [2.45, 2.75) is 32.9 Å². The maximum Gasteiger partial charge on any atom is 0.325 e. The topological polar surface area (TPSA) is 58.6 Å². The van der Waals surface area contributed by atoms with Gasteiger partial charge in [0.2, 0.25) is 0 Å². The van der Waals surface area contributed by atoms with Gasteiger partial charge in [-0.3, -0.25) is 9.69 Å². The Labute approximate surface area is 129 Å². The van der Waals surface area contributed by atoms with Crippen molar-refractivity contribution in [2.24, 2.45) is 5.92 Å². The van der Waals surface area contributed by atoms with E-state index in [9.17, 15) is 9.59 Å². The second-order valence-electron chi connectivity index (χ2n) is 5.51. The highest BCUT2D eigenvalue weighted by molar-refractivity contribution is 6.30. The van der Waals surface area contributed by atoms with Gasteiger partial charge < -0.3 is 10.1 Å². The number of hydrogen-bond acceptors (Lipinski definition) is 3. The molecule has 0 radical (unpaired) electrons. The quantitative estimate of drug-likeness (QED) is 0.851. The standard InChI is InChI=1S/C15H19ClN2O3/c1-9(2)6-12-14(19)18(15(20)17-12)8-10-7-11(16)4-5-13(10)21-3/h4-5,7,9,12H,6,8H2,1-3H3,(H,17,20). The fraction of sp³-hybridized carbons (Fsp3) is 0.467. The summed E-state index contributed by atoms with van der Waals surface area (Å²) >= 11 is 5.97. The molecule has 1 saturated heterocycles. The van der Waals surface area contributed by atoms with E-state index >= 15 is 0 Å². The van der Waals surface area contributed by atoms with Crippen LogP contribution in [-0.4, -0.2) is 30.0 Å². The third-order valence-corrected chi connectivity index (χ3v) is 3.62. The number of urea groups is 1. The fourth-order valence-corrected chi connectivity index (χ4v) is 2.59. The Bertz CT molecular complexity index is 560. The summed E-state index contributed by atoms with van der Waals surface area (Å²) in [5.74, 6) is 0.739. The molecule has 0 aromatic heterocycles. The van der Waals surface area contributed by atoms with Gasteiger partial charge in [0.05, 0.1) is 13.7 Å². The summed E-state index contributed by atoms with van der Waals surface area (Å²) in [7, 11) is 1.54. The van der Waals surface area contributed by atoms with Crippen LogP contribution in [0, 0.1) is 5.92 Å². The van der Waals surface area contributed by atoms with Crippen molar-refractivity contribution in [1.29, 1.82) is 0 Å². The molecule has 1 unspecified atom stereocenters. The molecular weight excluding hydrogens is 292 g/mol. The molecule has 1 aromatic rings. The van der Waals surface area contributed by atoms with Crippen molar-refractivity contribution in [2.75, 3.05) is 7.11 Å². The van der Waals surface area contributed by atoms with E-state index in [1.54, 1.807) is 25.3 Å². The number of imide groups is 1. The van der Waals surface area contributed by atoms with E-state index in [2.05, 4.69) is 5.32 Å². The number of carbonyl (C=O) groups excluding carboxylic acids is 2. The summed E-state index contributed by atoms with van der Waals surface area (Å²) in [6.07, 6.45) is 0.633. The van der Waals surface area contributed by atoms with Crippen molar-refractivity contribution in [3.63, 3.8) is 0 Å². The predicted molar refractivity (Wildman–Crippen MR) is 80.3 cm³/mol. The Morgan fingerprint density at radius 2 is 2.10 bits per heavy atom. The van der Waals surface area contributed by atoms with Gasteiger partial charge in [0.25, 0.3) is 5.91 Å². The molecule has 1 atom stereocenters. The lowest BCUT2D eigenvalue weighted by atomic mass is 10.0. The van der Waals surface area contributed by atoms with Crippen LogP contribution >= 0.6 is 11.6 Å². The van der Waals surface area contributed by atoms with Crippen LogP contribution in [0.3, 0.4) is 0 Å². The van der Waals surface area contributed by atoms with Gasteiger partial charge in [0.15, 0.2) is 0 Å². The minimum atomic E-state index is -0.442. The largest absolute Gasteiger partial charge is 0.496 e. The van der Waals surface area contributed by atoms with E-state index in [-0.39, 0.29) is 18.5 Å². The van der Waals surface area contributed by atoms with Crippen LogP contribution in [0.1, 0.15) is 25.8 Å². The van der Waals surface area contributed by atoms with Gasteiger partial charge in [-0.15, -0.1) is 0 Å². The molecule has 1 aliphatic heterocycles. The zero-order valence-electron chi connectivity index (χ0n) is 12.4. The highest BCUT2D eigenvalue weighted by Gasteiger charge is 2.38. The number of rotatable bonds is 5. The second-order valence-corrected chi connectivity index (χ2v) is 5.95. The molecule has 3 amide bonds. The molecule has 6 heteroatoms. The first-order valence-electron chi connectivity index (χ1n) is 6.86. The number of halogens is 1. The number of carbonyl (C=O) groups is 2. The number of nitrogens with zero attached hydrogens (tertiary/aromatic N) is 1. The lowest BCUT2D eigenvalue weighted by Crippen LogP contribution is -2.31. The Morgan fingerprint density at radius 3 is 2.71 bits per heavy atom. The molecule has 0 aliphatic carbocycles. The molecular formula is C15H19ClN2O3. The molecule has 1 aliphatic rings. The van der Waals surface area contributed by atoms with Crippen LogP contribution in [0.25, 0.3) is 0 Å². The first kappa shape index (κ1) is 15.6. The zero-order valence-corrected chi connectivity index (χ0v) is 13.1. The van der Waals surface area contributed by atoms with Crippen LogP contribution in [0.5, 0.6) is 5.75 Å². The van der Waals surface area contributed by atoms with E-state index in [1.807, 2.05) is 13.8 Å². The molecule has 114 valence electrons. The molecule has 0 bridgehead atoms. The summed E-state index contributed by atoms with van der Waals surface area (Å²) in [6.45, 7) is 4.19. The number of benzene rings is 1. The van der Waals surface area contributed by atoms with Crippen LogP contribution in [0.4, 0.5) is 4.79 Å². The third kappa shape index (κ3) is 3.47. The highest BCUT2D eigenvalue weighted by atomic mass is 35.5. The van der Waals surface area contributed by atoms with E-state index < -0.39 is 6.04 Å². The van der Waals surface area contributed by atoms with Gasteiger partial charge in [-0.05, 0) is 30.5 Å². The molecule has 21 heavy (non-hydrogen) atoms. The molecule has 5 nitrogen and oxygen atoms in total. The Hall–Kier alpha value is -1.75. The number of methoxy groups -OCH3 is 1. The number of ether oxygens (including phenoxy) is 1. The smallest absolute Gasteiger partial charge is 0.325 e. The predicted octanol–water partition coefficient (Wildman–Crippen LogP) is 2.82. The average Bonchev–Trinajstić information content (AvgIpc) is 2.66. The minimum absolute atomic E-state index is 0.156. The Balaban J connectivity index is 2.18. The van der Waals surface area contributed by atoms with E-state index in [0.29, 0.717) is 28.7 Å². The van der Waals surface area contributed by atoms with Gasteiger partial charge in [-0.2, -0.15) is 0 Å². The van der Waals surface area contributed by atoms with Crippen LogP contribution in [0.15, 0.2) is 18.2 Å². The second kappa shape index (κ2) is 6.35. The molecule has 1 N–H and O–H groups in total. The van der Waals surface area contributed by atoms with Crippen molar-refractivity contribution < 1.29 is 14.3 Å². The van der Waals surface area contributed by atoms with Gasteiger partial charge in [0.1, 0.15) is 11.8 Å². The monoisotopic (exact) mass is 310 g/mol. The van der Waals surface area contributed by atoms with Crippen molar-refractivity contribution in [3.8, 4) is 5.75 Å². The summed E-state index contributed by atoms with van der Waals surface area (Å²) in [5.41, 5.74) is 0.707. The van der Waals surface area contributed by atoms with Crippen LogP contribution < -0.4 is 10.1 Å². The maximum atomic E-state index is 12.3. The molecule has 1 aromatic carbocycles. The number of hydrogen-bond donors (Lipinski definition) is 1. The van der Waals surface area contributed by atoms with E-state index in [4.69, 9.17) is 16.3 Å². The Morgan fingerprint density at radius 1 is 1.38 bits per heavy atom. The van der Waals surface area contributed by atoms with Gasteiger partial charge in [-0.1, -0.05) is 25.4 Å². The van der Waals surface area contributed by atoms with Crippen LogP contribution in [-0.2, 0) is 11.3 Å². The molecule has 0 saturated carbocycles. The zero-order chi connectivity index (χ0) is 15.6. The van der Waals surface area contributed by atoms with Crippen molar-refractivity contribution >= 4 is 23.5 Å². The highest BCUT2D eigenvalue weighted by Crippen LogP contribution is 2.26. The summed E-state index contributed by atoms with van der Waals surface area (Å²) in [4.78, 5) is 25.5. The van der Waals surface area contributed by atoms with Gasteiger partial charge in [0, 0.05) is 10.6 Å². The number of amides is 3. The lowest BCUT2D eigenvalue weighted by molar-refractivity contribution is -0.128. The number of nitrogens with one attached hydrogen (secondary N) is 1.